The van der Waals surface area contributed by atoms with E-state index in [1.54, 1.807) is 19.9 Å². The van der Waals surface area contributed by atoms with Crippen molar-refractivity contribution in [1.82, 2.24) is 0 Å². The van der Waals surface area contributed by atoms with Crippen LogP contribution in [0.15, 0.2) is 24.3 Å². The molecule has 1 atom stereocenters. The number of fused-ring (bicyclic) bond motifs is 3. The average Bonchev–Trinajstić information content (AvgIpc) is 2.96. The van der Waals surface area contributed by atoms with Gasteiger partial charge >= 0.3 is 11.9 Å². The Bertz CT molecular complexity index is 756. The van der Waals surface area contributed by atoms with Gasteiger partial charge in [0.15, 0.2) is 11.2 Å². The lowest BCUT2D eigenvalue weighted by Gasteiger charge is -2.25. The number of hydrogen-bond acceptors (Lipinski definition) is 5. The summed E-state index contributed by atoms with van der Waals surface area (Å²) >= 11 is 0. The zero-order chi connectivity index (χ0) is 18.2. The summed E-state index contributed by atoms with van der Waals surface area (Å²) in [4.78, 5) is 37.8. The molecule has 1 aromatic carbocycles. The van der Waals surface area contributed by atoms with Gasteiger partial charge in [0.05, 0.1) is 13.2 Å². The van der Waals surface area contributed by atoms with Gasteiger partial charge in [0, 0.05) is 12.0 Å². The third-order valence-electron chi connectivity index (χ3n) is 4.91. The number of Topliss-reactive ketones (excluding diaryl/α,β-unsaturated/α-hetero) is 1. The summed E-state index contributed by atoms with van der Waals surface area (Å²) in [6.07, 6.45) is 2.19. The van der Waals surface area contributed by atoms with Crippen LogP contribution in [-0.4, -0.2) is 30.9 Å². The van der Waals surface area contributed by atoms with Crippen molar-refractivity contribution in [2.75, 3.05) is 13.2 Å². The first kappa shape index (κ1) is 17.4. The highest BCUT2D eigenvalue weighted by Crippen LogP contribution is 2.51. The van der Waals surface area contributed by atoms with Crippen LogP contribution in [0.1, 0.15) is 48.2 Å². The second-order valence-electron chi connectivity index (χ2n) is 6.59. The van der Waals surface area contributed by atoms with Crippen molar-refractivity contribution in [1.29, 1.82) is 0 Å². The molecule has 0 saturated carbocycles. The first-order chi connectivity index (χ1) is 11.9. The van der Waals surface area contributed by atoms with Gasteiger partial charge < -0.3 is 9.47 Å². The standard InChI is InChI=1S/C20H22O5/c1-4-24-18(22)20(19(23)25-5-2)10-13-9-17(21)14-7-6-12(3)8-15(14)16(13)11-20/h6-8,11,13H,4-5,9-10H2,1-3H3. The maximum Gasteiger partial charge on any atom is 0.327 e. The Hall–Kier alpha value is -2.43. The van der Waals surface area contributed by atoms with Crippen LogP contribution in [0.4, 0.5) is 0 Å². The Morgan fingerprint density at radius 1 is 1.12 bits per heavy atom. The molecule has 0 spiro atoms. The van der Waals surface area contributed by atoms with E-state index in [0.717, 1.165) is 16.7 Å². The number of aryl methyl sites for hydroxylation is 1. The van der Waals surface area contributed by atoms with Crippen molar-refractivity contribution >= 4 is 23.3 Å². The summed E-state index contributed by atoms with van der Waals surface area (Å²) in [6, 6.07) is 5.66. The normalized spacial score (nSPS) is 20.4. The number of benzene rings is 1. The molecule has 0 N–H and O–H groups in total. The number of esters is 2. The lowest BCUT2D eigenvalue weighted by atomic mass is 9.78. The molecule has 0 bridgehead atoms. The van der Waals surface area contributed by atoms with Crippen molar-refractivity contribution in [2.24, 2.45) is 11.3 Å². The lowest BCUT2D eigenvalue weighted by Crippen LogP contribution is -2.39. The van der Waals surface area contributed by atoms with Crippen LogP contribution >= 0.6 is 0 Å². The lowest BCUT2D eigenvalue weighted by molar-refractivity contribution is -0.168. The number of carbonyl (C=O) groups is 3. The first-order valence-electron chi connectivity index (χ1n) is 8.64. The van der Waals surface area contributed by atoms with Gasteiger partial charge in [0.2, 0.25) is 0 Å². The number of ether oxygens (including phenoxy) is 2. The van der Waals surface area contributed by atoms with Gasteiger partial charge in [-0.3, -0.25) is 14.4 Å². The van der Waals surface area contributed by atoms with Gasteiger partial charge in [0.25, 0.3) is 0 Å². The third-order valence-corrected chi connectivity index (χ3v) is 4.91. The Morgan fingerprint density at radius 2 is 1.76 bits per heavy atom. The minimum atomic E-state index is -1.46. The van der Waals surface area contributed by atoms with E-state index >= 15 is 0 Å². The molecule has 0 aromatic heterocycles. The van der Waals surface area contributed by atoms with Crippen molar-refractivity contribution in [3.05, 3.63) is 41.0 Å². The molecule has 2 aliphatic carbocycles. The summed E-state index contributed by atoms with van der Waals surface area (Å²) in [5.41, 5.74) is 1.91. The van der Waals surface area contributed by atoms with Crippen molar-refractivity contribution < 1.29 is 23.9 Å². The topological polar surface area (TPSA) is 69.7 Å². The second kappa shape index (κ2) is 6.47. The maximum atomic E-state index is 12.6. The van der Waals surface area contributed by atoms with Gasteiger partial charge in [-0.2, -0.15) is 0 Å². The molecule has 1 aromatic rings. The van der Waals surface area contributed by atoms with Crippen molar-refractivity contribution in [2.45, 2.75) is 33.6 Å². The van der Waals surface area contributed by atoms with E-state index < -0.39 is 17.4 Å². The summed E-state index contributed by atoms with van der Waals surface area (Å²) < 4.78 is 10.3. The van der Waals surface area contributed by atoms with Gasteiger partial charge in [-0.05, 0) is 44.2 Å². The maximum absolute atomic E-state index is 12.6. The van der Waals surface area contributed by atoms with Crippen LogP contribution in [0.3, 0.4) is 0 Å². The Kier molecular flexibility index (Phi) is 4.50. The molecule has 0 amide bonds. The van der Waals surface area contributed by atoms with Crippen LogP contribution < -0.4 is 0 Å². The minimum Gasteiger partial charge on any atom is -0.465 e. The van der Waals surface area contributed by atoms with Gasteiger partial charge in [0.1, 0.15) is 0 Å². The number of allylic oxidation sites excluding steroid dienone is 1. The van der Waals surface area contributed by atoms with E-state index in [2.05, 4.69) is 0 Å². The molecule has 0 aliphatic heterocycles. The summed E-state index contributed by atoms with van der Waals surface area (Å²) in [5.74, 6) is -1.33. The number of hydrogen-bond donors (Lipinski definition) is 0. The highest BCUT2D eigenvalue weighted by molar-refractivity contribution is 6.10. The third kappa shape index (κ3) is 2.77. The van der Waals surface area contributed by atoms with Crippen molar-refractivity contribution in [3.8, 4) is 0 Å². The van der Waals surface area contributed by atoms with Crippen LogP contribution in [0.2, 0.25) is 0 Å². The molecular formula is C20H22O5. The molecule has 132 valence electrons. The molecule has 25 heavy (non-hydrogen) atoms. The number of ketones is 1. The zero-order valence-corrected chi connectivity index (χ0v) is 14.8. The van der Waals surface area contributed by atoms with Gasteiger partial charge in [-0.25, -0.2) is 0 Å². The van der Waals surface area contributed by atoms with E-state index in [4.69, 9.17) is 9.47 Å². The van der Waals surface area contributed by atoms with E-state index in [1.807, 2.05) is 25.1 Å². The average molecular weight is 342 g/mol. The first-order valence-corrected chi connectivity index (χ1v) is 8.64. The molecule has 1 unspecified atom stereocenters. The van der Waals surface area contributed by atoms with Gasteiger partial charge in [-0.15, -0.1) is 0 Å². The van der Waals surface area contributed by atoms with Crippen LogP contribution in [0, 0.1) is 18.3 Å². The highest BCUT2D eigenvalue weighted by Gasteiger charge is 2.54. The fraction of sp³-hybridized carbons (Fsp3) is 0.450. The van der Waals surface area contributed by atoms with E-state index in [0.29, 0.717) is 12.0 Å². The Morgan fingerprint density at radius 3 is 2.36 bits per heavy atom. The second-order valence-corrected chi connectivity index (χ2v) is 6.59. The molecular weight excluding hydrogens is 320 g/mol. The number of carbonyl (C=O) groups excluding carboxylic acids is 3. The summed E-state index contributed by atoms with van der Waals surface area (Å²) in [6.45, 7) is 5.72. The predicted molar refractivity (Wildman–Crippen MR) is 91.9 cm³/mol. The Labute approximate surface area is 147 Å². The van der Waals surface area contributed by atoms with Crippen molar-refractivity contribution in [3.63, 3.8) is 0 Å². The minimum absolute atomic E-state index is 0.0423. The molecule has 5 heteroatoms. The molecule has 0 heterocycles. The SMILES string of the molecule is CCOC(=O)C1(C(=O)OCC)C=C2c3cc(C)ccc3C(=O)CC2C1. The molecule has 2 aliphatic rings. The zero-order valence-electron chi connectivity index (χ0n) is 14.8. The van der Waals surface area contributed by atoms with Crippen LogP contribution in [0.25, 0.3) is 5.57 Å². The Balaban J connectivity index is 2.12. The fourth-order valence-electron chi connectivity index (χ4n) is 3.78. The highest BCUT2D eigenvalue weighted by atomic mass is 16.6. The molecule has 5 nitrogen and oxygen atoms in total. The van der Waals surface area contributed by atoms with E-state index in [9.17, 15) is 14.4 Å². The van der Waals surface area contributed by atoms with Crippen LogP contribution in [-0.2, 0) is 19.1 Å². The predicted octanol–water partition coefficient (Wildman–Crippen LogP) is 3.10. The monoisotopic (exact) mass is 342 g/mol. The quantitative estimate of drug-likeness (QED) is 0.621. The molecule has 0 saturated heterocycles. The van der Waals surface area contributed by atoms with Crippen LogP contribution in [0.5, 0.6) is 0 Å². The summed E-state index contributed by atoms with van der Waals surface area (Å²) in [5, 5.41) is 0. The van der Waals surface area contributed by atoms with E-state index in [-0.39, 0.29) is 31.3 Å². The molecule has 0 radical (unpaired) electrons. The smallest absolute Gasteiger partial charge is 0.327 e. The largest absolute Gasteiger partial charge is 0.465 e. The molecule has 0 fully saturated rings. The fourth-order valence-corrected chi connectivity index (χ4v) is 3.78. The molecule has 3 rings (SSSR count). The number of rotatable bonds is 4. The van der Waals surface area contributed by atoms with Gasteiger partial charge in [-0.1, -0.05) is 29.8 Å². The van der Waals surface area contributed by atoms with E-state index in [1.165, 1.54) is 0 Å². The summed E-state index contributed by atoms with van der Waals surface area (Å²) in [7, 11) is 0.